The minimum Gasteiger partial charge on any atom is -0.507 e. The fraction of sp³-hybridized carbons (Fsp3) is 0.333. The molecule has 0 saturated carbocycles. The Hall–Kier alpha value is -7.72. The second-order valence-electron chi connectivity index (χ2n) is 14.9. The normalized spacial score (nSPS) is 24.8. The quantitative estimate of drug-likeness (QED) is 0.0165. The number of hydrogen-bond acceptors (Lipinski definition) is 23. The first kappa shape index (κ1) is 49.7. The van der Waals surface area contributed by atoms with E-state index in [0.717, 1.165) is 48.5 Å². The number of aliphatic hydroxyl groups is 5. The summed E-state index contributed by atoms with van der Waals surface area (Å²) in [4.78, 5) is 59.1. The van der Waals surface area contributed by atoms with E-state index in [-0.39, 0.29) is 22.1 Å². The molecule has 0 unspecified atom stereocenters. The number of benzene rings is 3. The molecule has 0 bridgehead atoms. The molecule has 4 aromatic rings. The molecule has 2 saturated heterocycles. The first-order valence-corrected chi connectivity index (χ1v) is 19.7. The van der Waals surface area contributed by atoms with E-state index in [0.29, 0.717) is 0 Å². The number of aliphatic hydroxyl groups excluding tert-OH is 5. The summed E-state index contributed by atoms with van der Waals surface area (Å²) in [7, 11) is 0. The summed E-state index contributed by atoms with van der Waals surface area (Å²) in [6, 6.07) is 8.42. The zero-order chi connectivity index (χ0) is 49.7. The number of esters is 3. The highest BCUT2D eigenvalue weighted by Gasteiger charge is 2.50. The predicted octanol–water partition coefficient (Wildman–Crippen LogP) is -0.713. The number of fused-ring (bicyclic) bond motifs is 1. The molecule has 10 atom stereocenters. The second kappa shape index (κ2) is 20.8. The van der Waals surface area contributed by atoms with Crippen LogP contribution >= 0.6 is 0 Å². The number of hydrogen-bond donors (Lipinski definition) is 13. The Morgan fingerprint density at radius 2 is 1.22 bits per heavy atom. The average Bonchev–Trinajstić information content (AvgIpc) is 3.26. The van der Waals surface area contributed by atoms with Crippen LogP contribution in [0.1, 0.15) is 18.4 Å². The smallest absolute Gasteiger partial charge is 0.402 e. The van der Waals surface area contributed by atoms with Gasteiger partial charge in [0.2, 0.25) is 18.3 Å². The van der Waals surface area contributed by atoms with E-state index >= 15 is 0 Å². The molecule has 0 radical (unpaired) electrons. The Balaban J connectivity index is 1.33. The largest absolute Gasteiger partial charge is 0.507 e. The highest BCUT2D eigenvalue weighted by Crippen LogP contribution is 2.45. The fourth-order valence-electron chi connectivity index (χ4n) is 6.66. The van der Waals surface area contributed by atoms with Gasteiger partial charge in [-0.25, -0.2) is 9.21 Å². The maximum Gasteiger partial charge on any atom is 0.402 e. The van der Waals surface area contributed by atoms with E-state index in [1.807, 2.05) is 0 Å². The third-order valence-corrected chi connectivity index (χ3v) is 10.00. The molecular formula is C42H41O26+. The van der Waals surface area contributed by atoms with Crippen LogP contribution in [0, 0.1) is 0 Å². The van der Waals surface area contributed by atoms with E-state index in [4.69, 9.17) is 47.8 Å². The van der Waals surface area contributed by atoms with Crippen molar-refractivity contribution < 1.29 is 128 Å². The summed E-state index contributed by atoms with van der Waals surface area (Å²) in [6.07, 6.45) is -20.1. The number of carboxylic acids is 2. The number of phenols is 6. The van der Waals surface area contributed by atoms with Crippen molar-refractivity contribution in [2.45, 2.75) is 74.3 Å². The van der Waals surface area contributed by atoms with Crippen molar-refractivity contribution in [3.8, 4) is 57.3 Å². The van der Waals surface area contributed by atoms with Gasteiger partial charge in [-0.05, 0) is 23.8 Å². The Labute approximate surface area is 379 Å². The maximum absolute atomic E-state index is 12.6. The molecule has 0 aliphatic carbocycles. The number of aromatic hydroxyl groups is 6. The SMILES string of the molecule is O=C(O)CC(=O)OC[C@H]1O[C@@H](Oc2cc(O)cc3[o+]c(-c4cc(O)c(O)c(O)c4)c(O[C@@H]4O[C@H](COC(=O)/C=C/c5ccc(O)c(O)c5)[C@@H](O)[C@H](O)[C@H]4O)cc23)[C@H](O)[C@@H](O)[C@@H]1OC(=O)CC(=O)O. The van der Waals surface area contributed by atoms with E-state index in [2.05, 4.69) is 0 Å². The standard InChI is InChI=1S/C42H40O26/c43-17-8-23-18(24(9-17)64-42-38(60)36(58)40(68-32(54)12-29(50)51)27(67-42)14-62-31(53)11-28(48)49)10-25(39(63-23)16-6-21(46)33(55)22(47)7-16)65-41-37(59)35(57)34(56)26(66-41)13-61-30(52)4-2-15-1-3-19(44)20(45)5-15/h1-10,26-27,34-38,40-42,56-60H,11-14H2,(H7-,43,44,45,46,47,48,49,50,51,52,55)/p+1/t26-,27-,34-,35+,36-,37-,38-,40-,41-,42-/m1/s1. The highest BCUT2D eigenvalue weighted by atomic mass is 16.7. The van der Waals surface area contributed by atoms with Crippen molar-refractivity contribution >= 4 is 46.9 Å². The molecule has 2 fully saturated rings. The Bertz CT molecular complexity index is 2570. The Kier molecular flexibility index (Phi) is 15.2. The van der Waals surface area contributed by atoms with Crippen LogP contribution in [0.3, 0.4) is 0 Å². The van der Waals surface area contributed by atoms with E-state index in [1.165, 1.54) is 12.1 Å². The van der Waals surface area contributed by atoms with Gasteiger partial charge in [-0.1, -0.05) is 6.07 Å². The van der Waals surface area contributed by atoms with Crippen molar-refractivity contribution in [1.82, 2.24) is 0 Å². The van der Waals surface area contributed by atoms with Gasteiger partial charge >= 0.3 is 41.2 Å². The van der Waals surface area contributed by atoms with Gasteiger partial charge < -0.3 is 99.5 Å². The van der Waals surface area contributed by atoms with Crippen LogP contribution < -0.4 is 9.47 Å². The number of ether oxygens (including phenoxy) is 7. The van der Waals surface area contributed by atoms with E-state index in [9.17, 15) is 80.1 Å². The van der Waals surface area contributed by atoms with Crippen LogP contribution in [0.25, 0.3) is 28.4 Å². The molecule has 3 aromatic carbocycles. The molecule has 68 heavy (non-hydrogen) atoms. The molecule has 2 aliphatic rings. The Morgan fingerprint density at radius 1 is 0.618 bits per heavy atom. The monoisotopic (exact) mass is 961 g/mol. The van der Waals surface area contributed by atoms with Crippen molar-refractivity contribution in [3.05, 3.63) is 60.2 Å². The molecule has 364 valence electrons. The number of aliphatic carboxylic acids is 2. The predicted molar refractivity (Wildman–Crippen MR) is 216 cm³/mol. The number of phenolic OH excluding ortho intramolecular Hbond substituents is 6. The van der Waals surface area contributed by atoms with E-state index < -0.39 is 169 Å². The molecule has 0 amide bonds. The van der Waals surface area contributed by atoms with Gasteiger partial charge in [-0.15, -0.1) is 0 Å². The van der Waals surface area contributed by atoms with Gasteiger partial charge in [0.15, 0.2) is 34.9 Å². The molecule has 1 aromatic heterocycles. The fourth-order valence-corrected chi connectivity index (χ4v) is 6.66. The van der Waals surface area contributed by atoms with Gasteiger partial charge in [-0.3, -0.25) is 19.2 Å². The topological polar surface area (TPSA) is 424 Å². The van der Waals surface area contributed by atoms with Crippen LogP contribution in [0.5, 0.6) is 46.0 Å². The summed E-state index contributed by atoms with van der Waals surface area (Å²) in [5, 5.41) is 133. The van der Waals surface area contributed by atoms with Crippen molar-refractivity contribution in [2.75, 3.05) is 13.2 Å². The second-order valence-corrected chi connectivity index (χ2v) is 14.9. The van der Waals surface area contributed by atoms with Crippen LogP contribution in [0.2, 0.25) is 0 Å². The molecule has 0 spiro atoms. The maximum atomic E-state index is 12.6. The number of carbonyl (C=O) groups excluding carboxylic acids is 3. The molecule has 6 rings (SSSR count). The third-order valence-electron chi connectivity index (χ3n) is 10.00. The minimum atomic E-state index is -2.20. The molecule has 3 heterocycles. The van der Waals surface area contributed by atoms with Crippen LogP contribution in [-0.4, -0.2) is 171 Å². The summed E-state index contributed by atoms with van der Waals surface area (Å²) < 4.78 is 44.3. The Morgan fingerprint density at radius 3 is 1.87 bits per heavy atom. The lowest BCUT2D eigenvalue weighted by atomic mass is 9.98. The van der Waals surface area contributed by atoms with Crippen molar-refractivity contribution in [3.63, 3.8) is 0 Å². The lowest BCUT2D eigenvalue weighted by molar-refractivity contribution is -0.282. The summed E-state index contributed by atoms with van der Waals surface area (Å²) >= 11 is 0. The van der Waals surface area contributed by atoms with E-state index in [1.54, 1.807) is 0 Å². The summed E-state index contributed by atoms with van der Waals surface area (Å²) in [5.41, 5.74) is -0.314. The molecule has 13 N–H and O–H groups in total. The molecule has 26 nitrogen and oxygen atoms in total. The summed E-state index contributed by atoms with van der Waals surface area (Å²) in [5.74, 6) is -12.7. The lowest BCUT2D eigenvalue weighted by Gasteiger charge is -2.41. The summed E-state index contributed by atoms with van der Waals surface area (Å²) in [6.45, 7) is -1.73. The van der Waals surface area contributed by atoms with Gasteiger partial charge in [0, 0.05) is 30.3 Å². The first-order valence-electron chi connectivity index (χ1n) is 19.7. The minimum absolute atomic E-state index is 0.233. The molecule has 26 heteroatoms. The van der Waals surface area contributed by atoms with Crippen molar-refractivity contribution in [2.24, 2.45) is 0 Å². The number of rotatable bonds is 16. The lowest BCUT2D eigenvalue weighted by Crippen LogP contribution is -2.61. The van der Waals surface area contributed by atoms with Crippen molar-refractivity contribution in [1.29, 1.82) is 0 Å². The molecular weight excluding hydrogens is 920 g/mol. The average molecular weight is 962 g/mol. The van der Waals surface area contributed by atoms with Crippen LogP contribution in [-0.2, 0) is 47.7 Å². The van der Waals surface area contributed by atoms with Gasteiger partial charge in [-0.2, -0.15) is 0 Å². The highest BCUT2D eigenvalue weighted by molar-refractivity contribution is 5.91. The van der Waals surface area contributed by atoms with Gasteiger partial charge in [0.1, 0.15) is 85.7 Å². The van der Waals surface area contributed by atoms with Gasteiger partial charge in [0.05, 0.1) is 11.6 Å². The van der Waals surface area contributed by atoms with Crippen LogP contribution in [0.4, 0.5) is 0 Å². The first-order chi connectivity index (χ1) is 32.1. The number of carboxylic acid groups (broad SMARTS) is 2. The zero-order valence-corrected chi connectivity index (χ0v) is 34.5. The van der Waals surface area contributed by atoms with Crippen LogP contribution in [0.15, 0.2) is 59.0 Å². The molecule has 2 aliphatic heterocycles. The zero-order valence-electron chi connectivity index (χ0n) is 34.5. The number of carbonyl (C=O) groups is 5. The third kappa shape index (κ3) is 11.6. The van der Waals surface area contributed by atoms with Gasteiger partial charge in [0.25, 0.3) is 0 Å².